The molecule has 0 saturated carbocycles. The van der Waals surface area contributed by atoms with Gasteiger partial charge in [0, 0.05) is 0 Å². The SMILES string of the molecule is C.CCCCCCCCCCCCCCCCOP(=O)([O-])OCCCCCCCCCCCCCCCC.[K+]. The van der Waals surface area contributed by atoms with Crippen molar-refractivity contribution in [1.29, 1.82) is 0 Å². The predicted octanol–water partition coefficient (Wildman–Crippen LogP) is 9.09. The van der Waals surface area contributed by atoms with E-state index in [1.165, 1.54) is 154 Å². The summed E-state index contributed by atoms with van der Waals surface area (Å²) < 4.78 is 21.9. The Hall–Kier alpha value is 1.75. The first-order chi connectivity index (χ1) is 18.1. The van der Waals surface area contributed by atoms with E-state index in [-0.39, 0.29) is 72.0 Å². The van der Waals surface area contributed by atoms with Gasteiger partial charge in [-0.15, -0.1) is 0 Å². The summed E-state index contributed by atoms with van der Waals surface area (Å²) >= 11 is 0. The van der Waals surface area contributed by atoms with Gasteiger partial charge in [-0.2, -0.15) is 0 Å². The van der Waals surface area contributed by atoms with Crippen molar-refractivity contribution in [1.82, 2.24) is 0 Å². The first-order valence-corrected chi connectivity index (χ1v) is 18.2. The third-order valence-corrected chi connectivity index (χ3v) is 8.49. The molecule has 0 amide bonds. The van der Waals surface area contributed by atoms with Crippen LogP contribution in [-0.2, 0) is 13.6 Å². The van der Waals surface area contributed by atoms with Crippen LogP contribution in [-0.4, -0.2) is 13.2 Å². The summed E-state index contributed by atoms with van der Waals surface area (Å²) in [5, 5.41) is 0. The van der Waals surface area contributed by atoms with Crippen molar-refractivity contribution in [3.05, 3.63) is 0 Å². The zero-order valence-corrected chi connectivity index (χ0v) is 30.3. The molecule has 0 unspecified atom stereocenters. The minimum absolute atomic E-state index is 0. The van der Waals surface area contributed by atoms with E-state index in [0.29, 0.717) is 0 Å². The minimum atomic E-state index is -4.12. The Morgan fingerprint density at radius 2 is 0.590 bits per heavy atom. The van der Waals surface area contributed by atoms with Crippen LogP contribution in [0.1, 0.15) is 201 Å². The average molecular weight is 601 g/mol. The molecule has 39 heavy (non-hydrogen) atoms. The van der Waals surface area contributed by atoms with Crippen molar-refractivity contribution in [2.75, 3.05) is 13.2 Å². The molecule has 0 aromatic carbocycles. The molecular formula is C33H70KO4P. The van der Waals surface area contributed by atoms with Gasteiger partial charge >= 0.3 is 51.4 Å². The van der Waals surface area contributed by atoms with E-state index in [9.17, 15) is 9.46 Å². The number of phosphoric acid groups is 1. The fourth-order valence-corrected chi connectivity index (χ4v) is 5.76. The Balaban J connectivity index is -0.00000648. The molecule has 4 nitrogen and oxygen atoms in total. The van der Waals surface area contributed by atoms with Gasteiger partial charge in [0.05, 0.1) is 13.2 Å². The molecule has 0 bridgehead atoms. The zero-order chi connectivity index (χ0) is 27.1. The molecule has 0 radical (unpaired) electrons. The smallest absolute Gasteiger partial charge is 0.756 e. The Morgan fingerprint density at radius 3 is 0.795 bits per heavy atom. The van der Waals surface area contributed by atoms with Crippen molar-refractivity contribution in [3.63, 3.8) is 0 Å². The Morgan fingerprint density at radius 1 is 0.410 bits per heavy atom. The van der Waals surface area contributed by atoms with Gasteiger partial charge in [0.15, 0.2) is 0 Å². The van der Waals surface area contributed by atoms with Gasteiger partial charge < -0.3 is 13.9 Å². The van der Waals surface area contributed by atoms with E-state index in [2.05, 4.69) is 13.8 Å². The molecule has 0 N–H and O–H groups in total. The van der Waals surface area contributed by atoms with Crippen molar-refractivity contribution in [3.8, 4) is 0 Å². The predicted molar refractivity (Wildman–Crippen MR) is 167 cm³/mol. The van der Waals surface area contributed by atoms with E-state index in [0.717, 1.165) is 25.7 Å². The molecule has 0 aliphatic carbocycles. The van der Waals surface area contributed by atoms with Crippen LogP contribution in [0.4, 0.5) is 0 Å². The Labute approximate surface area is 289 Å². The van der Waals surface area contributed by atoms with Gasteiger partial charge in [0.25, 0.3) is 7.82 Å². The maximum atomic E-state index is 11.9. The van der Waals surface area contributed by atoms with E-state index >= 15 is 0 Å². The molecular weight excluding hydrogens is 530 g/mol. The van der Waals surface area contributed by atoms with E-state index in [1.807, 2.05) is 0 Å². The third kappa shape index (κ3) is 39.7. The average Bonchev–Trinajstić information content (AvgIpc) is 2.88. The van der Waals surface area contributed by atoms with Gasteiger partial charge in [0.1, 0.15) is 0 Å². The van der Waals surface area contributed by atoms with Gasteiger partial charge in [-0.1, -0.05) is 188 Å². The molecule has 0 spiro atoms. The molecule has 0 aromatic heterocycles. The van der Waals surface area contributed by atoms with Crippen molar-refractivity contribution in [2.24, 2.45) is 0 Å². The van der Waals surface area contributed by atoms with Crippen molar-refractivity contribution in [2.45, 2.75) is 201 Å². The van der Waals surface area contributed by atoms with Crippen LogP contribution < -0.4 is 56.3 Å². The second-order valence-electron chi connectivity index (χ2n) is 11.3. The minimum Gasteiger partial charge on any atom is -0.756 e. The van der Waals surface area contributed by atoms with Crippen LogP contribution >= 0.6 is 7.82 Å². The number of phosphoric ester groups is 1. The largest absolute Gasteiger partial charge is 1.00 e. The van der Waals surface area contributed by atoms with Gasteiger partial charge in [-0.05, 0) is 12.8 Å². The fraction of sp³-hybridized carbons (Fsp3) is 1.00. The first kappa shape index (κ1) is 45.2. The van der Waals surface area contributed by atoms with Crippen molar-refractivity contribution < 1.29 is 69.9 Å². The summed E-state index contributed by atoms with van der Waals surface area (Å²) in [6.45, 7) is 5.06. The van der Waals surface area contributed by atoms with Crippen LogP contribution in [0.15, 0.2) is 0 Å². The molecule has 0 fully saturated rings. The number of rotatable bonds is 32. The van der Waals surface area contributed by atoms with Crippen LogP contribution in [0.25, 0.3) is 0 Å². The van der Waals surface area contributed by atoms with E-state index < -0.39 is 7.82 Å². The summed E-state index contributed by atoms with van der Waals surface area (Å²) in [4.78, 5) is 11.9. The second-order valence-corrected chi connectivity index (χ2v) is 12.7. The van der Waals surface area contributed by atoms with Crippen LogP contribution in [0.2, 0.25) is 0 Å². The topological polar surface area (TPSA) is 58.6 Å². The molecule has 0 heterocycles. The van der Waals surface area contributed by atoms with E-state index in [4.69, 9.17) is 9.05 Å². The van der Waals surface area contributed by atoms with Gasteiger partial charge in [-0.3, -0.25) is 4.57 Å². The summed E-state index contributed by atoms with van der Waals surface area (Å²) in [6.07, 6.45) is 36.0. The summed E-state index contributed by atoms with van der Waals surface area (Å²) in [6, 6.07) is 0. The number of hydrogen-bond acceptors (Lipinski definition) is 4. The molecule has 0 saturated heterocycles. The Bertz CT molecular complexity index is 441. The summed E-state index contributed by atoms with van der Waals surface area (Å²) in [5.74, 6) is 0. The molecule has 0 atom stereocenters. The molecule has 0 aliphatic rings. The Kier molecular flexibility index (Phi) is 43.8. The monoisotopic (exact) mass is 600 g/mol. The van der Waals surface area contributed by atoms with Crippen LogP contribution in [0.3, 0.4) is 0 Å². The molecule has 232 valence electrons. The molecule has 0 aliphatic heterocycles. The maximum absolute atomic E-state index is 11.9. The van der Waals surface area contributed by atoms with Crippen LogP contribution in [0.5, 0.6) is 0 Å². The summed E-state index contributed by atoms with van der Waals surface area (Å²) in [5.41, 5.74) is 0. The second kappa shape index (κ2) is 37.8. The zero-order valence-electron chi connectivity index (χ0n) is 26.3. The van der Waals surface area contributed by atoms with E-state index in [1.54, 1.807) is 0 Å². The molecule has 6 heteroatoms. The number of hydrogen-bond donors (Lipinski definition) is 0. The first-order valence-electron chi connectivity index (χ1n) is 16.7. The standard InChI is InChI=1S/C32H67O4P.CH4.K/c1-3-5-7-9-11-13-15-17-19-21-23-25-27-29-31-35-37(33,34)36-32-30-28-26-24-22-20-18-16-14-12-10-8-6-4-2;;/h3-32H2,1-2H3,(H,33,34);1H4;/q;;+1/p-1. The van der Waals surface area contributed by atoms with Gasteiger partial charge in [-0.25, -0.2) is 0 Å². The quantitative estimate of drug-likeness (QED) is 0.0439. The van der Waals surface area contributed by atoms with Crippen molar-refractivity contribution >= 4 is 7.82 Å². The summed E-state index contributed by atoms with van der Waals surface area (Å²) in [7, 11) is -4.12. The molecule has 0 aromatic rings. The van der Waals surface area contributed by atoms with Crippen LogP contribution in [0, 0.1) is 0 Å². The maximum Gasteiger partial charge on any atom is 1.00 e. The number of unbranched alkanes of at least 4 members (excludes halogenated alkanes) is 26. The normalized spacial score (nSPS) is 11.4. The molecule has 0 rings (SSSR count). The third-order valence-electron chi connectivity index (χ3n) is 7.49. The fourth-order valence-electron chi connectivity index (χ4n) is 4.98. The van der Waals surface area contributed by atoms with Gasteiger partial charge in [0.2, 0.25) is 0 Å².